The van der Waals surface area contributed by atoms with Gasteiger partial charge in [-0.2, -0.15) is 0 Å². The van der Waals surface area contributed by atoms with Crippen LogP contribution >= 0.6 is 0 Å². The van der Waals surface area contributed by atoms with Gasteiger partial charge in [0.05, 0.1) is 0 Å². The van der Waals surface area contributed by atoms with Gasteiger partial charge in [0, 0.05) is 38.4 Å². The van der Waals surface area contributed by atoms with Gasteiger partial charge in [-0.15, -0.1) is 0 Å². The number of hydrogen-bond donors (Lipinski definition) is 1. The van der Waals surface area contributed by atoms with Crippen molar-refractivity contribution in [1.82, 2.24) is 10.2 Å². The van der Waals surface area contributed by atoms with Gasteiger partial charge in [-0.25, -0.2) is 0 Å². The summed E-state index contributed by atoms with van der Waals surface area (Å²) in [5.74, 6) is -0.940. The van der Waals surface area contributed by atoms with Crippen LogP contribution in [0.15, 0.2) is 60.7 Å². The van der Waals surface area contributed by atoms with Crippen molar-refractivity contribution < 1.29 is 9.59 Å². The lowest BCUT2D eigenvalue weighted by Crippen LogP contribution is -2.52. The van der Waals surface area contributed by atoms with Crippen LogP contribution in [0.3, 0.4) is 0 Å². The molecule has 25 heavy (non-hydrogen) atoms. The molecule has 1 aliphatic heterocycles. The molecular formula is C20H23N3O2. The predicted molar refractivity (Wildman–Crippen MR) is 98.4 cm³/mol. The van der Waals surface area contributed by atoms with Gasteiger partial charge < -0.3 is 15.1 Å². The van der Waals surface area contributed by atoms with E-state index < -0.39 is 11.8 Å². The van der Waals surface area contributed by atoms with E-state index in [0.29, 0.717) is 19.6 Å². The van der Waals surface area contributed by atoms with Gasteiger partial charge in [-0.1, -0.05) is 48.5 Å². The first-order valence-electron chi connectivity index (χ1n) is 8.65. The lowest BCUT2D eigenvalue weighted by atomic mass is 10.1. The first-order chi connectivity index (χ1) is 12.2. The van der Waals surface area contributed by atoms with Gasteiger partial charge in [0.15, 0.2) is 0 Å². The van der Waals surface area contributed by atoms with Crippen molar-refractivity contribution in [3.63, 3.8) is 0 Å². The highest BCUT2D eigenvalue weighted by atomic mass is 16.2. The fourth-order valence-electron chi connectivity index (χ4n) is 2.99. The molecule has 0 unspecified atom stereocenters. The Kier molecular flexibility index (Phi) is 5.67. The molecule has 0 bridgehead atoms. The van der Waals surface area contributed by atoms with Crippen LogP contribution in [0.4, 0.5) is 5.69 Å². The molecule has 5 nitrogen and oxygen atoms in total. The molecule has 0 radical (unpaired) electrons. The van der Waals surface area contributed by atoms with Gasteiger partial charge in [-0.3, -0.25) is 9.59 Å². The SMILES string of the molecule is O=C(NCCc1ccccc1)C(=O)N1CCN(c2ccccc2)CC1. The molecule has 3 rings (SSSR count). The van der Waals surface area contributed by atoms with Gasteiger partial charge >= 0.3 is 11.8 Å². The maximum atomic E-state index is 12.3. The highest BCUT2D eigenvalue weighted by Gasteiger charge is 2.25. The third-order valence-corrected chi connectivity index (χ3v) is 4.42. The number of para-hydroxylation sites is 1. The van der Waals surface area contributed by atoms with Crippen LogP contribution in [-0.2, 0) is 16.0 Å². The Morgan fingerprint density at radius 1 is 0.840 bits per heavy atom. The van der Waals surface area contributed by atoms with Crippen molar-refractivity contribution in [3.05, 3.63) is 66.2 Å². The Morgan fingerprint density at radius 2 is 1.44 bits per heavy atom. The van der Waals surface area contributed by atoms with Crippen molar-refractivity contribution >= 4 is 17.5 Å². The summed E-state index contributed by atoms with van der Waals surface area (Å²) < 4.78 is 0. The van der Waals surface area contributed by atoms with Crippen molar-refractivity contribution in [2.75, 3.05) is 37.6 Å². The monoisotopic (exact) mass is 337 g/mol. The minimum Gasteiger partial charge on any atom is -0.368 e. The summed E-state index contributed by atoms with van der Waals surface area (Å²) in [7, 11) is 0. The van der Waals surface area contributed by atoms with Gasteiger partial charge in [0.2, 0.25) is 0 Å². The minimum atomic E-state index is -0.510. The van der Waals surface area contributed by atoms with E-state index >= 15 is 0 Å². The van der Waals surface area contributed by atoms with Crippen LogP contribution in [-0.4, -0.2) is 49.4 Å². The number of rotatable bonds is 4. The van der Waals surface area contributed by atoms with Crippen LogP contribution in [0.25, 0.3) is 0 Å². The zero-order chi connectivity index (χ0) is 17.5. The largest absolute Gasteiger partial charge is 0.368 e. The zero-order valence-electron chi connectivity index (χ0n) is 14.2. The normalized spacial score (nSPS) is 14.2. The standard InChI is InChI=1S/C20H23N3O2/c24-19(21-12-11-17-7-3-1-4-8-17)20(25)23-15-13-22(14-16-23)18-9-5-2-6-10-18/h1-10H,11-16H2,(H,21,24). The second-order valence-electron chi connectivity index (χ2n) is 6.11. The molecular weight excluding hydrogens is 314 g/mol. The molecule has 1 fully saturated rings. The molecule has 1 aliphatic rings. The molecule has 130 valence electrons. The number of nitrogens with one attached hydrogen (secondary N) is 1. The fraction of sp³-hybridized carbons (Fsp3) is 0.300. The predicted octanol–water partition coefficient (Wildman–Crippen LogP) is 1.69. The highest BCUT2D eigenvalue weighted by molar-refractivity contribution is 6.35. The van der Waals surface area contributed by atoms with Crippen molar-refractivity contribution in [3.8, 4) is 0 Å². The number of amides is 2. The summed E-state index contributed by atoms with van der Waals surface area (Å²) >= 11 is 0. The maximum absolute atomic E-state index is 12.3. The molecule has 0 aliphatic carbocycles. The van der Waals surface area contributed by atoms with Gasteiger partial charge in [-0.05, 0) is 24.1 Å². The first kappa shape index (κ1) is 17.0. The highest BCUT2D eigenvalue weighted by Crippen LogP contribution is 2.15. The minimum absolute atomic E-state index is 0.430. The summed E-state index contributed by atoms with van der Waals surface area (Å²) in [5.41, 5.74) is 2.30. The Labute approximate surface area is 148 Å². The van der Waals surface area contributed by atoms with Crippen LogP contribution in [0.1, 0.15) is 5.56 Å². The number of piperazine rings is 1. The number of nitrogens with zero attached hydrogens (tertiary/aromatic N) is 2. The molecule has 5 heteroatoms. The molecule has 0 aromatic heterocycles. The Morgan fingerprint density at radius 3 is 2.08 bits per heavy atom. The summed E-state index contributed by atoms with van der Waals surface area (Å²) in [5, 5.41) is 2.73. The smallest absolute Gasteiger partial charge is 0.312 e. The first-order valence-corrected chi connectivity index (χ1v) is 8.65. The number of carbonyl (C=O) groups is 2. The number of carbonyl (C=O) groups excluding carboxylic acids is 2. The lowest BCUT2D eigenvalue weighted by Gasteiger charge is -2.35. The van der Waals surface area contributed by atoms with E-state index in [1.54, 1.807) is 4.90 Å². The van der Waals surface area contributed by atoms with Crippen LogP contribution < -0.4 is 10.2 Å². The van der Waals surface area contributed by atoms with Gasteiger partial charge in [0.1, 0.15) is 0 Å². The molecule has 2 aromatic rings. The second kappa shape index (κ2) is 8.33. The number of anilines is 1. The number of benzene rings is 2. The molecule has 1 N–H and O–H groups in total. The summed E-state index contributed by atoms with van der Waals surface area (Å²) in [4.78, 5) is 28.2. The molecule has 0 spiro atoms. The Bertz CT molecular complexity index is 695. The molecule has 1 saturated heterocycles. The van der Waals surface area contributed by atoms with E-state index in [1.165, 1.54) is 0 Å². The lowest BCUT2D eigenvalue weighted by molar-refractivity contribution is -0.146. The van der Waals surface area contributed by atoms with Gasteiger partial charge in [0.25, 0.3) is 0 Å². The average molecular weight is 337 g/mol. The number of hydrogen-bond acceptors (Lipinski definition) is 3. The molecule has 2 aromatic carbocycles. The summed E-state index contributed by atoms with van der Waals surface area (Å²) in [6.07, 6.45) is 0.724. The maximum Gasteiger partial charge on any atom is 0.312 e. The molecule has 0 atom stereocenters. The Hall–Kier alpha value is -2.82. The zero-order valence-corrected chi connectivity index (χ0v) is 14.2. The van der Waals surface area contributed by atoms with E-state index in [1.807, 2.05) is 48.5 Å². The third kappa shape index (κ3) is 4.59. The second-order valence-corrected chi connectivity index (χ2v) is 6.11. The van der Waals surface area contributed by atoms with E-state index in [2.05, 4.69) is 22.3 Å². The third-order valence-electron chi connectivity index (χ3n) is 4.42. The van der Waals surface area contributed by atoms with Crippen LogP contribution in [0, 0.1) is 0 Å². The van der Waals surface area contributed by atoms with Crippen molar-refractivity contribution in [1.29, 1.82) is 0 Å². The quantitative estimate of drug-likeness (QED) is 0.864. The van der Waals surface area contributed by atoms with Crippen molar-refractivity contribution in [2.45, 2.75) is 6.42 Å². The van der Waals surface area contributed by atoms with E-state index in [-0.39, 0.29) is 0 Å². The van der Waals surface area contributed by atoms with E-state index in [0.717, 1.165) is 30.8 Å². The van der Waals surface area contributed by atoms with E-state index in [4.69, 9.17) is 0 Å². The molecule has 0 saturated carbocycles. The summed E-state index contributed by atoms with van der Waals surface area (Å²) in [6, 6.07) is 20.0. The molecule has 1 heterocycles. The van der Waals surface area contributed by atoms with Crippen molar-refractivity contribution in [2.24, 2.45) is 0 Å². The Balaban J connectivity index is 1.43. The average Bonchev–Trinajstić information content (AvgIpc) is 2.69. The van der Waals surface area contributed by atoms with Crippen LogP contribution in [0.5, 0.6) is 0 Å². The fourth-order valence-corrected chi connectivity index (χ4v) is 2.99. The summed E-state index contributed by atoms with van der Waals surface area (Å²) in [6.45, 7) is 3.10. The van der Waals surface area contributed by atoms with E-state index in [9.17, 15) is 9.59 Å². The molecule has 2 amide bonds. The van der Waals surface area contributed by atoms with Crippen LogP contribution in [0.2, 0.25) is 0 Å². The topological polar surface area (TPSA) is 52.7 Å².